The SMILES string of the molecule is CCC(Cc1ncc[nH]1)C(F)(F)F. The third-order valence-corrected chi connectivity index (χ3v) is 1.95. The summed E-state index contributed by atoms with van der Waals surface area (Å²) >= 11 is 0. The highest BCUT2D eigenvalue weighted by molar-refractivity contribution is 4.90. The van der Waals surface area contributed by atoms with Gasteiger partial charge in [0.25, 0.3) is 0 Å². The largest absolute Gasteiger partial charge is 0.392 e. The van der Waals surface area contributed by atoms with Crippen LogP contribution in [0.4, 0.5) is 13.2 Å². The Bertz CT molecular complexity index is 240. The number of aromatic amines is 1. The van der Waals surface area contributed by atoms with Gasteiger partial charge in [-0.25, -0.2) is 4.98 Å². The molecule has 0 aliphatic rings. The Labute approximate surface area is 74.2 Å². The van der Waals surface area contributed by atoms with E-state index in [9.17, 15) is 13.2 Å². The van der Waals surface area contributed by atoms with Gasteiger partial charge in [0.2, 0.25) is 0 Å². The van der Waals surface area contributed by atoms with Gasteiger partial charge >= 0.3 is 6.18 Å². The number of hydrogen-bond donors (Lipinski definition) is 1. The lowest BCUT2D eigenvalue weighted by Crippen LogP contribution is -2.24. The Morgan fingerprint density at radius 3 is 2.62 bits per heavy atom. The highest BCUT2D eigenvalue weighted by Gasteiger charge is 2.38. The zero-order chi connectivity index (χ0) is 9.90. The molecule has 0 spiro atoms. The number of alkyl halides is 3. The smallest absolute Gasteiger partial charge is 0.349 e. The first-order valence-electron chi connectivity index (χ1n) is 4.09. The number of halogens is 3. The van der Waals surface area contributed by atoms with E-state index in [1.807, 2.05) is 0 Å². The number of nitrogens with zero attached hydrogens (tertiary/aromatic N) is 1. The molecule has 0 amide bonds. The van der Waals surface area contributed by atoms with E-state index in [0.717, 1.165) is 0 Å². The number of aromatic nitrogens is 2. The first kappa shape index (κ1) is 10.1. The van der Waals surface area contributed by atoms with Crippen molar-refractivity contribution in [2.75, 3.05) is 0 Å². The average Bonchev–Trinajstić information content (AvgIpc) is 2.49. The lowest BCUT2D eigenvalue weighted by molar-refractivity contribution is -0.175. The second kappa shape index (κ2) is 3.81. The van der Waals surface area contributed by atoms with Gasteiger partial charge in [0.15, 0.2) is 0 Å². The maximum atomic E-state index is 12.3. The molecule has 1 unspecified atom stereocenters. The van der Waals surface area contributed by atoms with Crippen molar-refractivity contribution in [3.63, 3.8) is 0 Å². The van der Waals surface area contributed by atoms with Crippen LogP contribution in [0, 0.1) is 5.92 Å². The molecule has 1 aromatic heterocycles. The molecule has 0 bridgehead atoms. The molecular weight excluding hydrogens is 181 g/mol. The molecule has 74 valence electrons. The summed E-state index contributed by atoms with van der Waals surface area (Å²) < 4.78 is 36.8. The van der Waals surface area contributed by atoms with Crippen LogP contribution < -0.4 is 0 Å². The van der Waals surface area contributed by atoms with Gasteiger partial charge < -0.3 is 4.98 Å². The van der Waals surface area contributed by atoms with Crippen LogP contribution in [0.25, 0.3) is 0 Å². The minimum atomic E-state index is -4.12. The van der Waals surface area contributed by atoms with Gasteiger partial charge in [0, 0.05) is 18.8 Å². The topological polar surface area (TPSA) is 28.7 Å². The van der Waals surface area contributed by atoms with Crippen molar-refractivity contribution < 1.29 is 13.2 Å². The maximum absolute atomic E-state index is 12.3. The highest BCUT2D eigenvalue weighted by atomic mass is 19.4. The fraction of sp³-hybridized carbons (Fsp3) is 0.625. The zero-order valence-electron chi connectivity index (χ0n) is 7.23. The predicted molar refractivity (Wildman–Crippen MR) is 42.1 cm³/mol. The van der Waals surface area contributed by atoms with Gasteiger partial charge in [-0.3, -0.25) is 0 Å². The van der Waals surface area contributed by atoms with Gasteiger partial charge in [0.1, 0.15) is 5.82 Å². The summed E-state index contributed by atoms with van der Waals surface area (Å²) in [5.74, 6) is -0.900. The molecule has 2 nitrogen and oxygen atoms in total. The monoisotopic (exact) mass is 192 g/mol. The molecule has 0 radical (unpaired) electrons. The number of imidazole rings is 1. The average molecular weight is 192 g/mol. The standard InChI is InChI=1S/C8H11F3N2/c1-2-6(8(9,10)11)5-7-12-3-4-13-7/h3-4,6H,2,5H2,1H3,(H,12,13). The van der Waals surface area contributed by atoms with E-state index in [1.165, 1.54) is 19.3 Å². The molecule has 1 aromatic rings. The summed E-state index contributed by atoms with van der Waals surface area (Å²) in [6.07, 6.45) is -1.12. The predicted octanol–water partition coefficient (Wildman–Crippen LogP) is 2.54. The Balaban J connectivity index is 2.60. The summed E-state index contributed by atoms with van der Waals surface area (Å²) in [5.41, 5.74) is 0. The van der Waals surface area contributed by atoms with Crippen molar-refractivity contribution in [1.29, 1.82) is 0 Å². The molecule has 0 saturated heterocycles. The molecule has 0 fully saturated rings. The van der Waals surface area contributed by atoms with E-state index in [1.54, 1.807) is 0 Å². The summed E-state index contributed by atoms with van der Waals surface area (Å²) in [6.45, 7) is 1.53. The van der Waals surface area contributed by atoms with Crippen molar-refractivity contribution in [1.82, 2.24) is 9.97 Å². The lowest BCUT2D eigenvalue weighted by atomic mass is 10.0. The van der Waals surface area contributed by atoms with Gasteiger partial charge in [-0.2, -0.15) is 13.2 Å². The van der Waals surface area contributed by atoms with Crippen LogP contribution in [0.2, 0.25) is 0 Å². The van der Waals surface area contributed by atoms with Crippen LogP contribution in [0.3, 0.4) is 0 Å². The molecule has 0 aromatic carbocycles. The van der Waals surface area contributed by atoms with Crippen molar-refractivity contribution in [3.8, 4) is 0 Å². The number of H-pyrrole nitrogens is 1. The number of nitrogens with one attached hydrogen (secondary N) is 1. The second-order valence-corrected chi connectivity index (χ2v) is 2.89. The molecule has 1 N–H and O–H groups in total. The van der Waals surface area contributed by atoms with Gasteiger partial charge in [-0.1, -0.05) is 6.92 Å². The second-order valence-electron chi connectivity index (χ2n) is 2.89. The van der Waals surface area contributed by atoms with E-state index in [-0.39, 0.29) is 12.8 Å². The summed E-state index contributed by atoms with van der Waals surface area (Å²) in [5, 5.41) is 0. The van der Waals surface area contributed by atoms with E-state index in [4.69, 9.17) is 0 Å². The van der Waals surface area contributed by atoms with Gasteiger partial charge in [-0.15, -0.1) is 0 Å². The molecule has 1 rings (SSSR count). The highest BCUT2D eigenvalue weighted by Crippen LogP contribution is 2.30. The van der Waals surface area contributed by atoms with E-state index >= 15 is 0 Å². The molecule has 1 heterocycles. The lowest BCUT2D eigenvalue weighted by Gasteiger charge is -2.16. The summed E-state index contributed by atoms with van der Waals surface area (Å²) in [4.78, 5) is 6.42. The molecule has 0 saturated carbocycles. The van der Waals surface area contributed by atoms with Crippen molar-refractivity contribution in [2.24, 2.45) is 5.92 Å². The van der Waals surface area contributed by atoms with E-state index in [0.29, 0.717) is 5.82 Å². The molecule has 0 aliphatic heterocycles. The minimum absolute atomic E-state index is 0.0625. The number of rotatable bonds is 3. The van der Waals surface area contributed by atoms with Crippen LogP contribution in [0.1, 0.15) is 19.2 Å². The Hall–Kier alpha value is -1.00. The van der Waals surface area contributed by atoms with E-state index < -0.39 is 12.1 Å². The Morgan fingerprint density at radius 2 is 2.23 bits per heavy atom. The molecule has 5 heteroatoms. The van der Waals surface area contributed by atoms with Crippen LogP contribution >= 0.6 is 0 Å². The van der Waals surface area contributed by atoms with Gasteiger partial charge in [-0.05, 0) is 6.42 Å². The fourth-order valence-corrected chi connectivity index (χ4v) is 1.13. The quantitative estimate of drug-likeness (QED) is 0.783. The van der Waals surface area contributed by atoms with Crippen LogP contribution in [0.15, 0.2) is 12.4 Å². The van der Waals surface area contributed by atoms with Gasteiger partial charge in [0.05, 0.1) is 5.92 Å². The molecular formula is C8H11F3N2. The maximum Gasteiger partial charge on any atom is 0.392 e. The Morgan fingerprint density at radius 1 is 1.54 bits per heavy atom. The fourth-order valence-electron chi connectivity index (χ4n) is 1.13. The Kier molecular flexibility index (Phi) is 2.95. The van der Waals surface area contributed by atoms with Crippen LogP contribution in [0.5, 0.6) is 0 Å². The molecule has 13 heavy (non-hydrogen) atoms. The normalized spacial score (nSPS) is 14.5. The van der Waals surface area contributed by atoms with Crippen LogP contribution in [-0.4, -0.2) is 16.1 Å². The third-order valence-electron chi connectivity index (χ3n) is 1.95. The first-order valence-corrected chi connectivity index (χ1v) is 4.09. The molecule has 0 aliphatic carbocycles. The summed E-state index contributed by atoms with van der Waals surface area (Å²) in [7, 11) is 0. The van der Waals surface area contributed by atoms with Crippen molar-refractivity contribution in [2.45, 2.75) is 25.9 Å². The third kappa shape index (κ3) is 2.75. The number of hydrogen-bond acceptors (Lipinski definition) is 1. The van der Waals surface area contributed by atoms with Crippen molar-refractivity contribution in [3.05, 3.63) is 18.2 Å². The minimum Gasteiger partial charge on any atom is -0.349 e. The zero-order valence-corrected chi connectivity index (χ0v) is 7.23. The van der Waals surface area contributed by atoms with Crippen LogP contribution in [-0.2, 0) is 6.42 Å². The molecule has 1 atom stereocenters. The first-order chi connectivity index (χ1) is 6.04. The van der Waals surface area contributed by atoms with E-state index in [2.05, 4.69) is 9.97 Å². The summed E-state index contributed by atoms with van der Waals surface area (Å²) in [6, 6.07) is 0. The van der Waals surface area contributed by atoms with Crippen molar-refractivity contribution >= 4 is 0 Å².